The van der Waals surface area contributed by atoms with Crippen LogP contribution in [0.15, 0.2) is 36.2 Å². The molecule has 0 aliphatic heterocycles. The molecule has 4 rings (SSSR count). The molecule has 0 unspecified atom stereocenters. The highest BCUT2D eigenvalue weighted by molar-refractivity contribution is 7.13. The maximum absolute atomic E-state index is 4.79. The van der Waals surface area contributed by atoms with Crippen molar-refractivity contribution < 1.29 is 0 Å². The number of rotatable bonds is 4. The van der Waals surface area contributed by atoms with E-state index >= 15 is 0 Å². The minimum Gasteiger partial charge on any atom is -0.366 e. The minimum absolute atomic E-state index is 0.736. The topological polar surface area (TPSA) is 42.2 Å². The largest absolute Gasteiger partial charge is 0.366 e. The van der Waals surface area contributed by atoms with Crippen LogP contribution >= 0.6 is 11.3 Å². The summed E-state index contributed by atoms with van der Waals surface area (Å²) in [6.45, 7) is 4.52. The molecule has 0 saturated heterocycles. The fourth-order valence-corrected chi connectivity index (χ4v) is 3.56. The molecule has 21 heavy (non-hydrogen) atoms. The van der Waals surface area contributed by atoms with E-state index in [0.29, 0.717) is 0 Å². The van der Waals surface area contributed by atoms with Gasteiger partial charge in [0, 0.05) is 23.9 Å². The lowest BCUT2D eigenvalue weighted by Crippen LogP contribution is -2.09. The van der Waals surface area contributed by atoms with Gasteiger partial charge in [-0.15, -0.1) is 17.9 Å². The van der Waals surface area contributed by atoms with Crippen molar-refractivity contribution >= 4 is 22.8 Å². The third-order valence-corrected chi connectivity index (χ3v) is 4.71. The van der Waals surface area contributed by atoms with Crippen LogP contribution < -0.4 is 5.32 Å². The lowest BCUT2D eigenvalue weighted by molar-refractivity contribution is 0.900. The van der Waals surface area contributed by atoms with Crippen LogP contribution in [0.5, 0.6) is 0 Å². The first-order valence-electron chi connectivity index (χ1n) is 7.17. The number of hydrogen-bond acceptors (Lipinski definition) is 4. The lowest BCUT2D eigenvalue weighted by Gasteiger charge is -2.11. The molecule has 1 aliphatic carbocycles. The minimum atomic E-state index is 0.736. The monoisotopic (exact) mass is 296 g/mol. The molecule has 0 spiro atoms. The molecule has 5 heteroatoms. The molecule has 106 valence electrons. The van der Waals surface area contributed by atoms with Crippen LogP contribution in [-0.2, 0) is 12.8 Å². The standard InChI is InChI=1S/C16H16N4S/c1-2-8-17-16-11-5-3-6-12(11)18-15-10-13(19-20(15)16)14-7-4-9-21-14/h2,4,7,9-10,17H,1,3,5-6,8H2. The second kappa shape index (κ2) is 5.00. The summed E-state index contributed by atoms with van der Waals surface area (Å²) in [6, 6.07) is 6.22. The van der Waals surface area contributed by atoms with Gasteiger partial charge < -0.3 is 5.32 Å². The van der Waals surface area contributed by atoms with Crippen molar-refractivity contribution in [2.45, 2.75) is 19.3 Å². The Morgan fingerprint density at radius 2 is 2.38 bits per heavy atom. The van der Waals surface area contributed by atoms with E-state index in [4.69, 9.17) is 10.1 Å². The fourth-order valence-electron chi connectivity index (χ4n) is 2.88. The highest BCUT2D eigenvalue weighted by Crippen LogP contribution is 2.31. The lowest BCUT2D eigenvalue weighted by atomic mass is 10.2. The molecule has 0 radical (unpaired) electrons. The van der Waals surface area contributed by atoms with Crippen LogP contribution in [0.4, 0.5) is 5.82 Å². The molecule has 3 aromatic heterocycles. The quantitative estimate of drug-likeness (QED) is 0.749. The van der Waals surface area contributed by atoms with Crippen LogP contribution in [0.25, 0.3) is 16.2 Å². The normalized spacial score (nSPS) is 13.5. The van der Waals surface area contributed by atoms with Crippen molar-refractivity contribution in [1.29, 1.82) is 0 Å². The average Bonchev–Trinajstić information content (AvgIpc) is 3.20. The third-order valence-electron chi connectivity index (χ3n) is 3.81. The second-order valence-corrected chi connectivity index (χ2v) is 6.13. The van der Waals surface area contributed by atoms with Crippen molar-refractivity contribution in [1.82, 2.24) is 14.6 Å². The molecule has 1 N–H and O–H groups in total. The Labute approximate surface area is 127 Å². The van der Waals surface area contributed by atoms with E-state index in [1.165, 1.54) is 22.6 Å². The van der Waals surface area contributed by atoms with Gasteiger partial charge in [0.2, 0.25) is 0 Å². The summed E-state index contributed by atoms with van der Waals surface area (Å²) in [7, 11) is 0. The van der Waals surface area contributed by atoms with Crippen molar-refractivity contribution in [2.75, 3.05) is 11.9 Å². The van der Waals surface area contributed by atoms with E-state index in [1.807, 2.05) is 16.7 Å². The molecule has 4 nitrogen and oxygen atoms in total. The van der Waals surface area contributed by atoms with Gasteiger partial charge in [0.15, 0.2) is 5.65 Å². The summed E-state index contributed by atoms with van der Waals surface area (Å²) < 4.78 is 1.95. The molecule has 3 aromatic rings. The van der Waals surface area contributed by atoms with E-state index in [2.05, 4.69) is 29.4 Å². The number of fused-ring (bicyclic) bond motifs is 2. The Morgan fingerprint density at radius 1 is 1.43 bits per heavy atom. The highest BCUT2D eigenvalue weighted by atomic mass is 32.1. The first kappa shape index (κ1) is 12.6. The van der Waals surface area contributed by atoms with Gasteiger partial charge in [0.25, 0.3) is 0 Å². The molecule has 0 bridgehead atoms. The van der Waals surface area contributed by atoms with Gasteiger partial charge >= 0.3 is 0 Å². The number of hydrogen-bond donors (Lipinski definition) is 1. The van der Waals surface area contributed by atoms with Crippen molar-refractivity contribution in [3.8, 4) is 10.6 Å². The van der Waals surface area contributed by atoms with E-state index in [9.17, 15) is 0 Å². The number of aromatic nitrogens is 3. The van der Waals surface area contributed by atoms with Crippen LogP contribution in [0.2, 0.25) is 0 Å². The van der Waals surface area contributed by atoms with Gasteiger partial charge in [0.1, 0.15) is 11.5 Å². The van der Waals surface area contributed by atoms with Gasteiger partial charge in [-0.25, -0.2) is 4.98 Å². The number of nitrogens with one attached hydrogen (secondary N) is 1. The number of aryl methyl sites for hydroxylation is 1. The summed E-state index contributed by atoms with van der Waals surface area (Å²) in [5.74, 6) is 1.08. The molecule has 0 amide bonds. The molecule has 3 heterocycles. The zero-order valence-corrected chi connectivity index (χ0v) is 12.5. The predicted octanol–water partition coefficient (Wildman–Crippen LogP) is 3.54. The Hall–Kier alpha value is -2.14. The summed E-state index contributed by atoms with van der Waals surface area (Å²) in [5.41, 5.74) is 4.44. The third kappa shape index (κ3) is 2.05. The van der Waals surface area contributed by atoms with Crippen LogP contribution in [0, 0.1) is 0 Å². The average molecular weight is 296 g/mol. The smallest absolute Gasteiger partial charge is 0.158 e. The zero-order valence-electron chi connectivity index (χ0n) is 11.7. The Kier molecular flexibility index (Phi) is 3.00. The second-order valence-electron chi connectivity index (χ2n) is 5.19. The molecular weight excluding hydrogens is 280 g/mol. The van der Waals surface area contributed by atoms with Crippen molar-refractivity contribution in [2.24, 2.45) is 0 Å². The predicted molar refractivity (Wildman–Crippen MR) is 87.0 cm³/mol. The first-order valence-corrected chi connectivity index (χ1v) is 8.05. The summed E-state index contributed by atoms with van der Waals surface area (Å²) in [6.07, 6.45) is 5.19. The van der Waals surface area contributed by atoms with Crippen molar-refractivity contribution in [3.05, 3.63) is 47.5 Å². The van der Waals surface area contributed by atoms with Crippen LogP contribution in [0.1, 0.15) is 17.7 Å². The molecule has 1 aliphatic rings. The van der Waals surface area contributed by atoms with Crippen LogP contribution in [-0.4, -0.2) is 21.1 Å². The molecule has 0 fully saturated rings. The summed E-state index contributed by atoms with van der Waals surface area (Å²) in [5, 5.41) is 10.3. The molecule has 0 saturated carbocycles. The number of thiophene rings is 1. The van der Waals surface area contributed by atoms with Crippen molar-refractivity contribution in [3.63, 3.8) is 0 Å². The highest BCUT2D eigenvalue weighted by Gasteiger charge is 2.21. The van der Waals surface area contributed by atoms with Gasteiger partial charge in [-0.3, -0.25) is 0 Å². The SMILES string of the molecule is C=CCNc1c2c(nc3cc(-c4cccs4)nn13)CCC2. The summed E-state index contributed by atoms with van der Waals surface area (Å²) in [4.78, 5) is 5.97. The Balaban J connectivity index is 1.91. The molecule has 0 atom stereocenters. The maximum atomic E-state index is 4.79. The van der Waals surface area contributed by atoms with Gasteiger partial charge in [-0.1, -0.05) is 12.1 Å². The van der Waals surface area contributed by atoms with Crippen LogP contribution in [0.3, 0.4) is 0 Å². The Bertz CT molecular complexity index is 801. The summed E-state index contributed by atoms with van der Waals surface area (Å²) >= 11 is 1.70. The van der Waals surface area contributed by atoms with Gasteiger partial charge in [-0.2, -0.15) is 9.61 Å². The number of nitrogens with zero attached hydrogens (tertiary/aromatic N) is 3. The van der Waals surface area contributed by atoms with Gasteiger partial charge in [-0.05, 0) is 30.7 Å². The van der Waals surface area contributed by atoms with E-state index < -0.39 is 0 Å². The fraction of sp³-hybridized carbons (Fsp3) is 0.250. The molecular formula is C16H16N4S. The van der Waals surface area contributed by atoms with E-state index in [1.54, 1.807) is 11.3 Å². The maximum Gasteiger partial charge on any atom is 0.158 e. The van der Waals surface area contributed by atoms with Gasteiger partial charge in [0.05, 0.1) is 4.88 Å². The number of anilines is 1. The zero-order chi connectivity index (χ0) is 14.2. The Morgan fingerprint density at radius 3 is 3.19 bits per heavy atom. The molecule has 0 aromatic carbocycles. The van der Waals surface area contributed by atoms with E-state index in [0.717, 1.165) is 36.5 Å². The first-order chi connectivity index (χ1) is 10.4. The van der Waals surface area contributed by atoms with E-state index in [-0.39, 0.29) is 0 Å².